The molecule has 0 bridgehead atoms. The Hall–Kier alpha value is -4.41. The lowest BCUT2D eigenvalue weighted by molar-refractivity contribution is -0.133. The van der Waals surface area contributed by atoms with Crippen LogP contribution in [0.5, 0.6) is 0 Å². The zero-order valence-electron chi connectivity index (χ0n) is 18.9. The number of primary amides is 1. The predicted octanol–water partition coefficient (Wildman–Crippen LogP) is 3.85. The van der Waals surface area contributed by atoms with Crippen molar-refractivity contribution in [1.29, 1.82) is 0 Å². The fraction of sp³-hybridized carbons (Fsp3) is 0.179. The van der Waals surface area contributed by atoms with Crippen LogP contribution in [0.4, 0.5) is 0 Å². The lowest BCUT2D eigenvalue weighted by Crippen LogP contribution is -2.33. The van der Waals surface area contributed by atoms with Gasteiger partial charge in [-0.2, -0.15) is 5.10 Å². The van der Waals surface area contributed by atoms with Crippen LogP contribution in [0.3, 0.4) is 0 Å². The Kier molecular flexibility index (Phi) is 6.04. The third-order valence-corrected chi connectivity index (χ3v) is 6.15. The van der Waals surface area contributed by atoms with E-state index in [-0.39, 0.29) is 0 Å². The number of carbonyl (C=O) groups excluding carboxylic acids is 2. The summed E-state index contributed by atoms with van der Waals surface area (Å²) in [7, 11) is 0. The summed E-state index contributed by atoms with van der Waals surface area (Å²) in [5.74, 6) is 5.89. The summed E-state index contributed by atoms with van der Waals surface area (Å²) in [6, 6.07) is 21.7. The molecule has 3 aromatic carbocycles. The predicted molar refractivity (Wildman–Crippen MR) is 132 cm³/mol. The van der Waals surface area contributed by atoms with E-state index in [1.165, 1.54) is 0 Å². The van der Waals surface area contributed by atoms with Crippen LogP contribution in [0.15, 0.2) is 72.8 Å². The molecule has 0 radical (unpaired) electrons. The quantitative estimate of drug-likeness (QED) is 0.229. The maximum Gasteiger partial charge on any atom is 0.268 e. The Morgan fingerprint density at radius 1 is 1.06 bits per heavy atom. The largest absolute Gasteiger partial charge is 0.366 e. The highest BCUT2D eigenvalue weighted by molar-refractivity contribution is 5.94. The minimum absolute atomic E-state index is 0.348. The van der Waals surface area contributed by atoms with Gasteiger partial charge in [0.15, 0.2) is 0 Å². The van der Waals surface area contributed by atoms with Crippen LogP contribution >= 0.6 is 0 Å². The van der Waals surface area contributed by atoms with Gasteiger partial charge in [-0.25, -0.2) is 10.2 Å². The second kappa shape index (κ2) is 9.45. The summed E-state index contributed by atoms with van der Waals surface area (Å²) in [5, 5.41) is 15.0. The molecule has 7 nitrogen and oxygen atoms in total. The maximum absolute atomic E-state index is 12.8. The topological polar surface area (TPSA) is 110 Å². The van der Waals surface area contributed by atoms with Gasteiger partial charge in [0.25, 0.3) is 5.91 Å². The molecule has 1 aromatic heterocycles. The summed E-state index contributed by atoms with van der Waals surface area (Å²) < 4.78 is 1.62. The second-order valence-electron chi connectivity index (χ2n) is 8.69. The molecule has 0 saturated heterocycles. The highest BCUT2D eigenvalue weighted by Crippen LogP contribution is 2.31. The fourth-order valence-electron chi connectivity index (χ4n) is 4.06. The number of carbonyl (C=O) groups is 2. The summed E-state index contributed by atoms with van der Waals surface area (Å²) in [5.41, 5.74) is 11.7. The van der Waals surface area contributed by atoms with E-state index in [0.29, 0.717) is 29.1 Å². The summed E-state index contributed by atoms with van der Waals surface area (Å²) in [6.07, 6.45) is 2.49. The first-order valence-corrected chi connectivity index (χ1v) is 11.5. The number of amides is 2. The molecule has 1 atom stereocenters. The van der Waals surface area contributed by atoms with Crippen LogP contribution in [0.1, 0.15) is 40.5 Å². The van der Waals surface area contributed by atoms with Crippen LogP contribution in [-0.2, 0) is 11.2 Å². The fourth-order valence-corrected chi connectivity index (χ4v) is 4.06. The van der Waals surface area contributed by atoms with Crippen molar-refractivity contribution in [3.8, 4) is 23.0 Å². The first-order valence-electron chi connectivity index (χ1n) is 11.5. The molecule has 7 heteroatoms. The molecule has 1 aliphatic carbocycles. The Morgan fingerprint density at radius 3 is 2.43 bits per heavy atom. The van der Waals surface area contributed by atoms with Crippen LogP contribution in [0.2, 0.25) is 0 Å². The summed E-state index contributed by atoms with van der Waals surface area (Å²) >= 11 is 0. The van der Waals surface area contributed by atoms with Gasteiger partial charge in [0.2, 0.25) is 5.91 Å². The highest BCUT2D eigenvalue weighted by Gasteiger charge is 2.26. The molecular formula is C28H24N4O3. The summed E-state index contributed by atoms with van der Waals surface area (Å²) in [6.45, 7) is 0. The SMILES string of the molecule is NC(=O)c1ccc(-c2ccc3nn(C(Cc4ccccc4)C(=O)NO)c(C#CC4CC4)c3c2)cc1. The molecule has 35 heavy (non-hydrogen) atoms. The van der Waals surface area contributed by atoms with E-state index in [0.717, 1.165) is 34.9 Å². The van der Waals surface area contributed by atoms with Gasteiger partial charge < -0.3 is 5.73 Å². The molecule has 2 amide bonds. The molecule has 1 saturated carbocycles. The van der Waals surface area contributed by atoms with E-state index in [1.807, 2.05) is 60.7 Å². The third kappa shape index (κ3) is 4.79. The van der Waals surface area contributed by atoms with Crippen LogP contribution in [0, 0.1) is 17.8 Å². The van der Waals surface area contributed by atoms with Gasteiger partial charge in [-0.3, -0.25) is 14.8 Å². The molecule has 0 aliphatic heterocycles. The van der Waals surface area contributed by atoms with Crippen molar-refractivity contribution in [3.63, 3.8) is 0 Å². The van der Waals surface area contributed by atoms with Gasteiger partial charge >= 0.3 is 0 Å². The zero-order valence-corrected chi connectivity index (χ0v) is 18.9. The average molecular weight is 465 g/mol. The molecule has 174 valence electrons. The smallest absolute Gasteiger partial charge is 0.268 e. The van der Waals surface area contributed by atoms with Crippen molar-refractivity contribution in [2.45, 2.75) is 25.3 Å². The zero-order chi connectivity index (χ0) is 24.4. The molecule has 4 N–H and O–H groups in total. The van der Waals surface area contributed by atoms with Gasteiger partial charge in [-0.15, -0.1) is 0 Å². The number of nitrogens with two attached hydrogens (primary N) is 1. The number of nitrogens with one attached hydrogen (secondary N) is 1. The monoisotopic (exact) mass is 464 g/mol. The van der Waals surface area contributed by atoms with Crippen LogP contribution in [-0.4, -0.2) is 26.8 Å². The number of nitrogens with zero attached hydrogens (tertiary/aromatic N) is 2. The number of benzene rings is 3. The first-order chi connectivity index (χ1) is 17.0. The van der Waals surface area contributed by atoms with E-state index < -0.39 is 17.9 Å². The van der Waals surface area contributed by atoms with Gasteiger partial charge in [0.05, 0.1) is 5.52 Å². The minimum atomic E-state index is -0.781. The van der Waals surface area contributed by atoms with E-state index >= 15 is 0 Å². The average Bonchev–Trinajstić information content (AvgIpc) is 3.65. The van der Waals surface area contributed by atoms with Crippen LogP contribution < -0.4 is 11.2 Å². The number of rotatable bonds is 6. The van der Waals surface area contributed by atoms with Crippen molar-refractivity contribution in [2.75, 3.05) is 0 Å². The molecule has 1 unspecified atom stereocenters. The first kappa shape index (κ1) is 22.4. The molecule has 1 aliphatic rings. The molecule has 0 spiro atoms. The number of hydroxylamine groups is 1. The lowest BCUT2D eigenvalue weighted by Gasteiger charge is -2.17. The van der Waals surface area contributed by atoms with Crippen molar-refractivity contribution < 1.29 is 14.8 Å². The number of hydrogen-bond acceptors (Lipinski definition) is 4. The molecule has 1 fully saturated rings. The normalized spacial score (nSPS) is 13.6. The highest BCUT2D eigenvalue weighted by atomic mass is 16.5. The van der Waals surface area contributed by atoms with Gasteiger partial charge in [0, 0.05) is 23.3 Å². The van der Waals surface area contributed by atoms with Crippen molar-refractivity contribution in [2.24, 2.45) is 11.7 Å². The van der Waals surface area contributed by atoms with Crippen molar-refractivity contribution in [1.82, 2.24) is 15.3 Å². The van der Waals surface area contributed by atoms with E-state index in [9.17, 15) is 14.8 Å². The number of aromatic nitrogens is 2. The minimum Gasteiger partial charge on any atom is -0.366 e. The van der Waals surface area contributed by atoms with Crippen molar-refractivity contribution >= 4 is 22.7 Å². The Labute approximate surface area is 202 Å². The van der Waals surface area contributed by atoms with Gasteiger partial charge in [0.1, 0.15) is 11.7 Å². The molecule has 5 rings (SSSR count). The number of hydrogen-bond donors (Lipinski definition) is 3. The van der Waals surface area contributed by atoms with Gasteiger partial charge in [-0.1, -0.05) is 54.5 Å². The molecule has 1 heterocycles. The maximum atomic E-state index is 12.8. The Bertz CT molecular complexity index is 1460. The third-order valence-electron chi connectivity index (χ3n) is 6.15. The standard InChI is InChI=1S/C28H24N4O3/c29-27(33)21-11-9-20(10-12-21)22-13-14-24-23(17-22)25(15-8-18-6-7-18)32(30-24)26(28(34)31-35)16-19-4-2-1-3-5-19/h1-5,9-14,17-18,26,35H,6-7,16H2,(H2,29,33)(H,31,34). The van der Waals surface area contributed by atoms with Crippen molar-refractivity contribution in [3.05, 3.63) is 89.6 Å². The molecular weight excluding hydrogens is 440 g/mol. The Morgan fingerprint density at radius 2 is 1.77 bits per heavy atom. The van der Waals surface area contributed by atoms with E-state index in [2.05, 4.69) is 11.8 Å². The van der Waals surface area contributed by atoms with E-state index in [4.69, 9.17) is 10.8 Å². The number of fused-ring (bicyclic) bond motifs is 1. The van der Waals surface area contributed by atoms with E-state index in [1.54, 1.807) is 22.3 Å². The van der Waals surface area contributed by atoms with Crippen LogP contribution in [0.25, 0.3) is 22.0 Å². The lowest BCUT2D eigenvalue weighted by atomic mass is 10.0. The second-order valence-corrected chi connectivity index (χ2v) is 8.69. The molecule has 4 aromatic rings. The summed E-state index contributed by atoms with van der Waals surface area (Å²) in [4.78, 5) is 24.2. The Balaban J connectivity index is 1.62. The van der Waals surface area contributed by atoms with Gasteiger partial charge in [-0.05, 0) is 59.7 Å².